The molecule has 138 valence electrons. The molecular weight excluding hydrogens is 333 g/mol. The average Bonchev–Trinajstić information content (AvgIpc) is 2.86. The number of benzene rings is 1. The average molecular weight is 356 g/mol. The van der Waals surface area contributed by atoms with E-state index in [1.165, 1.54) is 0 Å². The highest BCUT2D eigenvalue weighted by Gasteiger charge is 2.40. The molecule has 1 aromatic carbocycles. The van der Waals surface area contributed by atoms with Crippen LogP contribution in [0.15, 0.2) is 30.3 Å². The van der Waals surface area contributed by atoms with Crippen LogP contribution in [0.1, 0.15) is 38.3 Å². The van der Waals surface area contributed by atoms with E-state index in [2.05, 4.69) is 5.32 Å². The lowest BCUT2D eigenvalue weighted by Gasteiger charge is -2.23. The lowest BCUT2D eigenvalue weighted by molar-refractivity contribution is -0.157. The predicted octanol–water partition coefficient (Wildman–Crippen LogP) is 3.30. The molecule has 0 saturated carbocycles. The van der Waals surface area contributed by atoms with Crippen LogP contribution >= 0.6 is 0 Å². The van der Waals surface area contributed by atoms with Gasteiger partial charge in [-0.25, -0.2) is 0 Å². The predicted molar refractivity (Wildman–Crippen MR) is 87.5 cm³/mol. The molecule has 1 aliphatic rings. The van der Waals surface area contributed by atoms with Crippen molar-refractivity contribution < 1.29 is 22.8 Å². The van der Waals surface area contributed by atoms with Gasteiger partial charge in [-0.1, -0.05) is 44.2 Å². The third kappa shape index (κ3) is 5.76. The van der Waals surface area contributed by atoms with Gasteiger partial charge in [-0.15, -0.1) is 0 Å². The number of amides is 2. The Morgan fingerprint density at radius 1 is 1.28 bits per heavy atom. The Morgan fingerprint density at radius 3 is 2.48 bits per heavy atom. The second-order valence-electron chi connectivity index (χ2n) is 6.89. The summed E-state index contributed by atoms with van der Waals surface area (Å²) in [5.74, 6) is -1.41. The second-order valence-corrected chi connectivity index (χ2v) is 6.89. The molecule has 25 heavy (non-hydrogen) atoms. The Morgan fingerprint density at radius 2 is 1.92 bits per heavy atom. The summed E-state index contributed by atoms with van der Waals surface area (Å²) in [4.78, 5) is 25.0. The van der Waals surface area contributed by atoms with Crippen LogP contribution in [-0.4, -0.2) is 36.0 Å². The summed E-state index contributed by atoms with van der Waals surface area (Å²) in [6.07, 6.45) is -3.92. The summed E-state index contributed by atoms with van der Waals surface area (Å²) >= 11 is 0. The van der Waals surface area contributed by atoms with Gasteiger partial charge in [-0.05, 0) is 17.9 Å². The zero-order valence-corrected chi connectivity index (χ0v) is 14.3. The number of halogens is 3. The number of rotatable bonds is 6. The highest BCUT2D eigenvalue weighted by molar-refractivity contribution is 5.89. The van der Waals surface area contributed by atoms with Crippen LogP contribution in [0.4, 0.5) is 13.2 Å². The van der Waals surface area contributed by atoms with Gasteiger partial charge in [-0.3, -0.25) is 9.59 Å². The summed E-state index contributed by atoms with van der Waals surface area (Å²) in [6, 6.07) is 9.22. The van der Waals surface area contributed by atoms with E-state index >= 15 is 0 Å². The first-order chi connectivity index (χ1) is 11.7. The second kappa shape index (κ2) is 7.89. The van der Waals surface area contributed by atoms with Gasteiger partial charge in [-0.2, -0.15) is 13.2 Å². The molecule has 1 aliphatic heterocycles. The molecule has 0 radical (unpaired) electrons. The molecule has 2 amide bonds. The van der Waals surface area contributed by atoms with Gasteiger partial charge >= 0.3 is 6.18 Å². The van der Waals surface area contributed by atoms with Crippen LogP contribution in [0, 0.1) is 11.8 Å². The molecule has 2 unspecified atom stereocenters. The Kier molecular flexibility index (Phi) is 6.08. The summed E-state index contributed by atoms with van der Waals surface area (Å²) < 4.78 is 37.5. The van der Waals surface area contributed by atoms with Crippen molar-refractivity contribution in [1.82, 2.24) is 10.2 Å². The van der Waals surface area contributed by atoms with E-state index in [-0.39, 0.29) is 24.9 Å². The molecule has 2 atom stereocenters. The quantitative estimate of drug-likeness (QED) is 0.850. The molecule has 0 spiro atoms. The molecule has 0 aromatic heterocycles. The lowest BCUT2D eigenvalue weighted by Crippen LogP contribution is -2.38. The SMILES string of the molecule is CC(C)CC(NC(=O)C1CC(=O)N(CC(F)(F)F)C1)c1ccccc1. The zero-order chi connectivity index (χ0) is 18.6. The van der Waals surface area contributed by atoms with Crippen molar-refractivity contribution in [2.24, 2.45) is 11.8 Å². The number of alkyl halides is 3. The third-order valence-electron chi connectivity index (χ3n) is 4.18. The van der Waals surface area contributed by atoms with Crippen LogP contribution in [0.2, 0.25) is 0 Å². The van der Waals surface area contributed by atoms with Crippen LogP contribution in [0.5, 0.6) is 0 Å². The molecule has 1 aromatic rings. The summed E-state index contributed by atoms with van der Waals surface area (Å²) in [6.45, 7) is 2.58. The van der Waals surface area contributed by atoms with E-state index in [0.29, 0.717) is 17.2 Å². The van der Waals surface area contributed by atoms with Crippen molar-refractivity contribution in [3.8, 4) is 0 Å². The fourth-order valence-electron chi connectivity index (χ4n) is 3.04. The fraction of sp³-hybridized carbons (Fsp3) is 0.556. The van der Waals surface area contributed by atoms with Crippen molar-refractivity contribution in [2.75, 3.05) is 13.1 Å². The third-order valence-corrected chi connectivity index (χ3v) is 4.18. The van der Waals surface area contributed by atoms with Crippen LogP contribution < -0.4 is 5.32 Å². The fourth-order valence-corrected chi connectivity index (χ4v) is 3.04. The maximum Gasteiger partial charge on any atom is 0.406 e. The standard InChI is InChI=1S/C18H23F3N2O2/c1-12(2)8-15(13-6-4-3-5-7-13)22-17(25)14-9-16(24)23(10-14)11-18(19,20)21/h3-7,12,14-15H,8-11H2,1-2H3,(H,22,25). The van der Waals surface area contributed by atoms with Gasteiger partial charge in [0, 0.05) is 13.0 Å². The number of carbonyl (C=O) groups excluding carboxylic acids is 2. The minimum atomic E-state index is -4.45. The number of hydrogen-bond acceptors (Lipinski definition) is 2. The topological polar surface area (TPSA) is 49.4 Å². The number of likely N-dealkylation sites (tertiary alicyclic amines) is 1. The molecule has 1 N–H and O–H groups in total. The summed E-state index contributed by atoms with van der Waals surface area (Å²) in [7, 11) is 0. The first-order valence-electron chi connectivity index (χ1n) is 8.35. The highest BCUT2D eigenvalue weighted by Crippen LogP contribution is 2.26. The normalized spacial score (nSPS) is 19.4. The maximum absolute atomic E-state index is 12.5. The Labute approximate surface area is 145 Å². The van der Waals surface area contributed by atoms with Crippen molar-refractivity contribution in [3.63, 3.8) is 0 Å². The van der Waals surface area contributed by atoms with E-state index in [9.17, 15) is 22.8 Å². The molecule has 1 saturated heterocycles. The zero-order valence-electron chi connectivity index (χ0n) is 14.3. The molecule has 4 nitrogen and oxygen atoms in total. The first-order valence-corrected chi connectivity index (χ1v) is 8.35. The maximum atomic E-state index is 12.5. The minimum absolute atomic E-state index is 0.175. The molecule has 0 aliphatic carbocycles. The lowest BCUT2D eigenvalue weighted by atomic mass is 9.96. The van der Waals surface area contributed by atoms with Gasteiger partial charge in [0.15, 0.2) is 0 Å². The van der Waals surface area contributed by atoms with Gasteiger partial charge in [0.2, 0.25) is 11.8 Å². The first kappa shape index (κ1) is 19.3. The summed E-state index contributed by atoms with van der Waals surface area (Å²) in [5, 5.41) is 2.91. The number of hydrogen-bond donors (Lipinski definition) is 1. The molecule has 7 heteroatoms. The van der Waals surface area contributed by atoms with E-state index in [4.69, 9.17) is 0 Å². The monoisotopic (exact) mass is 356 g/mol. The van der Waals surface area contributed by atoms with Crippen LogP contribution in [0.3, 0.4) is 0 Å². The molecule has 0 bridgehead atoms. The highest BCUT2D eigenvalue weighted by atomic mass is 19.4. The van der Waals surface area contributed by atoms with E-state index in [1.807, 2.05) is 44.2 Å². The summed E-state index contributed by atoms with van der Waals surface area (Å²) in [5.41, 5.74) is 0.945. The number of nitrogens with zero attached hydrogens (tertiary/aromatic N) is 1. The van der Waals surface area contributed by atoms with Gasteiger partial charge < -0.3 is 10.2 Å². The van der Waals surface area contributed by atoms with Crippen molar-refractivity contribution >= 4 is 11.8 Å². The smallest absolute Gasteiger partial charge is 0.349 e. The molecule has 1 heterocycles. The van der Waals surface area contributed by atoms with Crippen LogP contribution in [-0.2, 0) is 9.59 Å². The molecule has 2 rings (SSSR count). The van der Waals surface area contributed by atoms with Crippen LogP contribution in [0.25, 0.3) is 0 Å². The molecule has 1 fully saturated rings. The number of nitrogens with one attached hydrogen (secondary N) is 1. The van der Waals surface area contributed by atoms with Gasteiger partial charge in [0.05, 0.1) is 12.0 Å². The van der Waals surface area contributed by atoms with E-state index in [0.717, 1.165) is 5.56 Å². The van der Waals surface area contributed by atoms with Gasteiger partial charge in [0.25, 0.3) is 0 Å². The van der Waals surface area contributed by atoms with E-state index < -0.39 is 24.5 Å². The molecular formula is C18H23F3N2O2. The number of carbonyl (C=O) groups is 2. The Balaban J connectivity index is 2.03. The van der Waals surface area contributed by atoms with Crippen molar-refractivity contribution in [2.45, 2.75) is 38.9 Å². The largest absolute Gasteiger partial charge is 0.406 e. The Hall–Kier alpha value is -2.05. The van der Waals surface area contributed by atoms with Crippen molar-refractivity contribution in [1.29, 1.82) is 0 Å². The van der Waals surface area contributed by atoms with E-state index in [1.54, 1.807) is 0 Å². The minimum Gasteiger partial charge on any atom is -0.349 e. The Bertz CT molecular complexity index is 602. The van der Waals surface area contributed by atoms with Crippen molar-refractivity contribution in [3.05, 3.63) is 35.9 Å². The van der Waals surface area contributed by atoms with Gasteiger partial charge in [0.1, 0.15) is 6.54 Å².